The number of rotatable bonds is 7. The van der Waals surface area contributed by atoms with Crippen molar-refractivity contribution < 1.29 is 0 Å². The maximum atomic E-state index is 6.42. The first-order valence-electron chi connectivity index (χ1n) is 7.44. The summed E-state index contributed by atoms with van der Waals surface area (Å²) in [4.78, 5) is 0. The molecule has 2 atom stereocenters. The highest BCUT2D eigenvalue weighted by atomic mass is 14.7. The molecule has 0 aromatic carbocycles. The molecule has 0 heterocycles. The first-order valence-corrected chi connectivity index (χ1v) is 7.44. The molecule has 1 nitrogen and oxygen atoms in total. The third-order valence-electron chi connectivity index (χ3n) is 4.55. The highest BCUT2D eigenvalue weighted by Gasteiger charge is 2.35. The summed E-state index contributed by atoms with van der Waals surface area (Å²) in [6.07, 6.45) is 13.8. The third-order valence-corrected chi connectivity index (χ3v) is 4.55. The predicted molar refractivity (Wildman–Crippen MR) is 77.0 cm³/mol. The Morgan fingerprint density at radius 3 is 2.71 bits per heavy atom. The lowest BCUT2D eigenvalue weighted by atomic mass is 9.65. The van der Waals surface area contributed by atoms with Crippen molar-refractivity contribution in [1.29, 1.82) is 0 Å². The van der Waals surface area contributed by atoms with E-state index in [9.17, 15) is 0 Å². The van der Waals surface area contributed by atoms with Crippen molar-refractivity contribution >= 4 is 0 Å². The lowest BCUT2D eigenvalue weighted by Gasteiger charge is -2.42. The molecule has 1 fully saturated rings. The Balaban J connectivity index is 2.25. The first kappa shape index (κ1) is 14.8. The molecular weight excluding hydrogens is 206 g/mol. The molecule has 2 N–H and O–H groups in total. The van der Waals surface area contributed by atoms with Crippen LogP contribution < -0.4 is 5.73 Å². The van der Waals surface area contributed by atoms with Gasteiger partial charge < -0.3 is 5.73 Å². The first-order chi connectivity index (χ1) is 8.08. The lowest BCUT2D eigenvalue weighted by molar-refractivity contribution is 0.108. The van der Waals surface area contributed by atoms with Crippen LogP contribution in [0, 0.1) is 11.3 Å². The van der Waals surface area contributed by atoms with Gasteiger partial charge in [-0.3, -0.25) is 0 Å². The highest BCUT2D eigenvalue weighted by Crippen LogP contribution is 2.42. The lowest BCUT2D eigenvalue weighted by Crippen LogP contribution is -2.41. The highest BCUT2D eigenvalue weighted by molar-refractivity contribution is 4.88. The van der Waals surface area contributed by atoms with E-state index in [4.69, 9.17) is 5.73 Å². The van der Waals surface area contributed by atoms with Crippen LogP contribution in [0.1, 0.15) is 71.6 Å². The Bertz CT molecular complexity index is 220. The topological polar surface area (TPSA) is 26.0 Å². The zero-order valence-corrected chi connectivity index (χ0v) is 11.9. The van der Waals surface area contributed by atoms with Crippen molar-refractivity contribution in [2.75, 3.05) is 0 Å². The minimum absolute atomic E-state index is 0.425. The van der Waals surface area contributed by atoms with Gasteiger partial charge in [0.1, 0.15) is 0 Å². The summed E-state index contributed by atoms with van der Waals surface area (Å²) in [5.74, 6) is 0.746. The average Bonchev–Trinajstić information content (AvgIpc) is 2.28. The second-order valence-electron chi connectivity index (χ2n) is 6.43. The second-order valence-corrected chi connectivity index (χ2v) is 6.43. The summed E-state index contributed by atoms with van der Waals surface area (Å²) in [5, 5.41) is 0. The standard InChI is InChI=1S/C16H31N/c1-4-5-6-7-8-12-15(17)14-11-9-10-13-16(14,2)3/h4,14-15H,1,5-13,17H2,2-3H3. The Morgan fingerprint density at radius 2 is 2.06 bits per heavy atom. The van der Waals surface area contributed by atoms with Crippen LogP contribution in [0.25, 0.3) is 0 Å². The molecule has 0 aromatic heterocycles. The van der Waals surface area contributed by atoms with Crippen LogP contribution in [0.4, 0.5) is 0 Å². The summed E-state index contributed by atoms with van der Waals surface area (Å²) in [6, 6.07) is 0.425. The number of nitrogens with two attached hydrogens (primary N) is 1. The van der Waals surface area contributed by atoms with Gasteiger partial charge in [0.05, 0.1) is 0 Å². The monoisotopic (exact) mass is 237 g/mol. The average molecular weight is 237 g/mol. The molecule has 1 aliphatic carbocycles. The van der Waals surface area contributed by atoms with Crippen LogP contribution in [-0.4, -0.2) is 6.04 Å². The fraction of sp³-hybridized carbons (Fsp3) is 0.875. The van der Waals surface area contributed by atoms with E-state index in [1.165, 1.54) is 51.4 Å². The molecule has 0 radical (unpaired) electrons. The molecular formula is C16H31N. The molecule has 0 aromatic rings. The summed E-state index contributed by atoms with van der Waals surface area (Å²) in [6.45, 7) is 8.58. The zero-order chi connectivity index (χ0) is 12.7. The fourth-order valence-electron chi connectivity index (χ4n) is 3.36. The van der Waals surface area contributed by atoms with Crippen molar-refractivity contribution in [3.05, 3.63) is 12.7 Å². The number of hydrogen-bond donors (Lipinski definition) is 1. The van der Waals surface area contributed by atoms with E-state index in [1.54, 1.807) is 0 Å². The molecule has 0 saturated heterocycles. The van der Waals surface area contributed by atoms with E-state index in [-0.39, 0.29) is 0 Å². The van der Waals surface area contributed by atoms with E-state index < -0.39 is 0 Å². The van der Waals surface area contributed by atoms with Crippen LogP contribution in [0.2, 0.25) is 0 Å². The van der Waals surface area contributed by atoms with Gasteiger partial charge in [-0.2, -0.15) is 0 Å². The van der Waals surface area contributed by atoms with Gasteiger partial charge in [0.15, 0.2) is 0 Å². The van der Waals surface area contributed by atoms with Gasteiger partial charge in [-0.15, -0.1) is 6.58 Å². The minimum atomic E-state index is 0.425. The number of hydrogen-bond acceptors (Lipinski definition) is 1. The molecule has 17 heavy (non-hydrogen) atoms. The van der Waals surface area contributed by atoms with Gasteiger partial charge in [0.2, 0.25) is 0 Å². The van der Waals surface area contributed by atoms with E-state index >= 15 is 0 Å². The largest absolute Gasteiger partial charge is 0.327 e. The Morgan fingerprint density at radius 1 is 1.29 bits per heavy atom. The van der Waals surface area contributed by atoms with Crippen LogP contribution >= 0.6 is 0 Å². The smallest absolute Gasteiger partial charge is 0.00722 e. The molecule has 1 saturated carbocycles. The summed E-state index contributed by atoms with van der Waals surface area (Å²) >= 11 is 0. The van der Waals surface area contributed by atoms with Crippen molar-refractivity contribution in [1.82, 2.24) is 0 Å². The Kier molecular flexibility index (Phi) is 6.26. The maximum Gasteiger partial charge on any atom is 0.00722 e. The molecule has 0 spiro atoms. The van der Waals surface area contributed by atoms with Crippen molar-refractivity contribution in [3.63, 3.8) is 0 Å². The van der Waals surface area contributed by atoms with Crippen LogP contribution in [-0.2, 0) is 0 Å². The Labute approximate surface area is 108 Å². The van der Waals surface area contributed by atoms with Gasteiger partial charge >= 0.3 is 0 Å². The van der Waals surface area contributed by atoms with Crippen molar-refractivity contribution in [3.8, 4) is 0 Å². The molecule has 0 amide bonds. The molecule has 100 valence electrons. The summed E-state index contributed by atoms with van der Waals surface area (Å²) in [5.41, 5.74) is 6.89. The van der Waals surface area contributed by atoms with Gasteiger partial charge in [0, 0.05) is 6.04 Å². The molecule has 2 unspecified atom stereocenters. The number of allylic oxidation sites excluding steroid dienone is 1. The van der Waals surface area contributed by atoms with Crippen LogP contribution in [0.3, 0.4) is 0 Å². The van der Waals surface area contributed by atoms with E-state index in [1.807, 2.05) is 6.08 Å². The predicted octanol–water partition coefficient (Wildman–Crippen LogP) is 4.67. The zero-order valence-electron chi connectivity index (χ0n) is 11.9. The maximum absolute atomic E-state index is 6.42. The van der Waals surface area contributed by atoms with Gasteiger partial charge in [0.25, 0.3) is 0 Å². The fourth-order valence-corrected chi connectivity index (χ4v) is 3.36. The van der Waals surface area contributed by atoms with Gasteiger partial charge in [-0.1, -0.05) is 45.6 Å². The third kappa shape index (κ3) is 4.83. The van der Waals surface area contributed by atoms with Gasteiger partial charge in [-0.25, -0.2) is 0 Å². The molecule has 0 aliphatic heterocycles. The Hall–Kier alpha value is -0.300. The normalized spacial score (nSPS) is 25.5. The second kappa shape index (κ2) is 7.20. The summed E-state index contributed by atoms with van der Waals surface area (Å²) < 4.78 is 0. The molecule has 1 heteroatoms. The summed E-state index contributed by atoms with van der Waals surface area (Å²) in [7, 11) is 0. The van der Waals surface area contributed by atoms with Gasteiger partial charge in [-0.05, 0) is 43.4 Å². The molecule has 0 bridgehead atoms. The number of unbranched alkanes of at least 4 members (excludes halogenated alkanes) is 3. The molecule has 1 rings (SSSR count). The molecule has 1 aliphatic rings. The van der Waals surface area contributed by atoms with E-state index in [2.05, 4.69) is 20.4 Å². The minimum Gasteiger partial charge on any atom is -0.327 e. The van der Waals surface area contributed by atoms with Crippen LogP contribution in [0.5, 0.6) is 0 Å². The van der Waals surface area contributed by atoms with Crippen molar-refractivity contribution in [2.45, 2.75) is 77.7 Å². The SMILES string of the molecule is C=CCCCCCC(N)C1CCCCC1(C)C. The van der Waals surface area contributed by atoms with E-state index in [0.29, 0.717) is 11.5 Å². The van der Waals surface area contributed by atoms with Crippen molar-refractivity contribution in [2.24, 2.45) is 17.1 Å². The quantitative estimate of drug-likeness (QED) is 0.505. The van der Waals surface area contributed by atoms with Crippen LogP contribution in [0.15, 0.2) is 12.7 Å². The van der Waals surface area contributed by atoms with E-state index in [0.717, 1.165) is 12.3 Å².